The van der Waals surface area contributed by atoms with Crippen LogP contribution in [-0.4, -0.2) is 30.6 Å². The molecular weight excluding hydrogens is 220 g/mol. The summed E-state index contributed by atoms with van der Waals surface area (Å²) in [6.45, 7) is 5.05. The van der Waals surface area contributed by atoms with E-state index in [1.54, 1.807) is 0 Å². The zero-order valence-electron chi connectivity index (χ0n) is 11.1. The van der Waals surface area contributed by atoms with Gasteiger partial charge in [0.1, 0.15) is 6.10 Å². The second-order valence-electron chi connectivity index (χ2n) is 4.22. The highest BCUT2D eigenvalue weighted by Crippen LogP contribution is 2.11. The van der Waals surface area contributed by atoms with Crippen LogP contribution in [0.3, 0.4) is 0 Å². The Labute approximate surface area is 104 Å². The summed E-state index contributed by atoms with van der Waals surface area (Å²) in [5.74, 6) is 0. The van der Waals surface area contributed by atoms with E-state index in [1.807, 2.05) is 6.92 Å². The molecule has 0 bridgehead atoms. The average molecular weight is 246 g/mol. The van der Waals surface area contributed by atoms with E-state index < -0.39 is 6.16 Å². The first-order chi connectivity index (χ1) is 8.20. The number of carbonyl (C=O) groups is 1. The first kappa shape index (κ1) is 16.2. The van der Waals surface area contributed by atoms with E-state index >= 15 is 0 Å². The van der Waals surface area contributed by atoms with Crippen molar-refractivity contribution in [3.63, 3.8) is 0 Å². The van der Waals surface area contributed by atoms with Gasteiger partial charge in [0.25, 0.3) is 0 Å². The summed E-state index contributed by atoms with van der Waals surface area (Å²) in [4.78, 5) is 10.5. The summed E-state index contributed by atoms with van der Waals surface area (Å²) in [6.07, 6.45) is 6.43. The molecule has 0 aliphatic rings. The van der Waals surface area contributed by atoms with Gasteiger partial charge in [-0.25, -0.2) is 4.79 Å². The topological polar surface area (TPSA) is 55.8 Å². The molecule has 4 heteroatoms. The van der Waals surface area contributed by atoms with Gasteiger partial charge in [0, 0.05) is 6.61 Å². The third-order valence-corrected chi connectivity index (χ3v) is 2.66. The summed E-state index contributed by atoms with van der Waals surface area (Å²) < 4.78 is 9.98. The van der Waals surface area contributed by atoms with Crippen LogP contribution >= 0.6 is 0 Å². The second kappa shape index (κ2) is 11.7. The van der Waals surface area contributed by atoms with E-state index in [4.69, 9.17) is 14.6 Å². The molecule has 0 aliphatic carbocycles. The van der Waals surface area contributed by atoms with Crippen molar-refractivity contribution in [1.29, 1.82) is 0 Å². The summed E-state index contributed by atoms with van der Waals surface area (Å²) in [5.41, 5.74) is 0. The van der Waals surface area contributed by atoms with Gasteiger partial charge in [0.2, 0.25) is 0 Å². The van der Waals surface area contributed by atoms with Crippen LogP contribution in [0.4, 0.5) is 4.79 Å². The molecule has 0 amide bonds. The largest absolute Gasteiger partial charge is 0.506 e. The Morgan fingerprint density at radius 3 is 2.35 bits per heavy atom. The fourth-order valence-corrected chi connectivity index (χ4v) is 1.72. The molecule has 0 aromatic heterocycles. The molecule has 0 rings (SSSR count). The minimum atomic E-state index is -1.21. The average Bonchev–Trinajstić information content (AvgIpc) is 2.29. The maximum atomic E-state index is 10.5. The molecule has 0 fully saturated rings. The zero-order chi connectivity index (χ0) is 12.9. The van der Waals surface area contributed by atoms with Crippen molar-refractivity contribution in [3.8, 4) is 0 Å². The van der Waals surface area contributed by atoms with Crippen LogP contribution in [0.15, 0.2) is 0 Å². The molecule has 0 saturated heterocycles. The van der Waals surface area contributed by atoms with Gasteiger partial charge in [-0.3, -0.25) is 0 Å². The van der Waals surface area contributed by atoms with Crippen LogP contribution < -0.4 is 0 Å². The van der Waals surface area contributed by atoms with Crippen LogP contribution in [0, 0.1) is 0 Å². The fourth-order valence-electron chi connectivity index (χ4n) is 1.72. The predicted octanol–water partition coefficient (Wildman–Crippen LogP) is 3.84. The van der Waals surface area contributed by atoms with Gasteiger partial charge in [-0.2, -0.15) is 0 Å². The van der Waals surface area contributed by atoms with E-state index in [-0.39, 0.29) is 6.10 Å². The molecule has 0 saturated carbocycles. The first-order valence-corrected chi connectivity index (χ1v) is 6.68. The van der Waals surface area contributed by atoms with Crippen molar-refractivity contribution in [1.82, 2.24) is 0 Å². The summed E-state index contributed by atoms with van der Waals surface area (Å²) >= 11 is 0. The number of carboxylic acid groups (broad SMARTS) is 1. The first-order valence-electron chi connectivity index (χ1n) is 6.68. The molecule has 0 spiro atoms. The monoisotopic (exact) mass is 246 g/mol. The van der Waals surface area contributed by atoms with Gasteiger partial charge in [-0.15, -0.1) is 0 Å². The van der Waals surface area contributed by atoms with Crippen molar-refractivity contribution < 1.29 is 19.4 Å². The van der Waals surface area contributed by atoms with E-state index in [9.17, 15) is 4.79 Å². The minimum absolute atomic E-state index is 0.307. The smallest absolute Gasteiger partial charge is 0.450 e. The molecule has 1 unspecified atom stereocenters. The number of ether oxygens (including phenoxy) is 2. The molecular formula is C13H26O4. The molecule has 0 aromatic carbocycles. The summed E-state index contributed by atoms with van der Waals surface area (Å²) in [6, 6.07) is 0. The molecule has 1 N–H and O–H groups in total. The number of hydrogen-bond donors (Lipinski definition) is 1. The van der Waals surface area contributed by atoms with Crippen LogP contribution in [-0.2, 0) is 9.47 Å². The predicted molar refractivity (Wildman–Crippen MR) is 67.4 cm³/mol. The highest BCUT2D eigenvalue weighted by molar-refractivity contribution is 5.57. The molecule has 17 heavy (non-hydrogen) atoms. The lowest BCUT2D eigenvalue weighted by Crippen LogP contribution is -2.22. The number of hydrogen-bond acceptors (Lipinski definition) is 3. The highest BCUT2D eigenvalue weighted by Gasteiger charge is 2.13. The van der Waals surface area contributed by atoms with Crippen molar-refractivity contribution in [2.45, 2.75) is 64.9 Å². The quantitative estimate of drug-likeness (QED) is 0.444. The minimum Gasteiger partial charge on any atom is -0.450 e. The number of rotatable bonds is 11. The Balaban J connectivity index is 3.56. The van der Waals surface area contributed by atoms with E-state index in [0.29, 0.717) is 13.2 Å². The van der Waals surface area contributed by atoms with Gasteiger partial charge >= 0.3 is 6.16 Å². The molecule has 0 aliphatic heterocycles. The van der Waals surface area contributed by atoms with Crippen molar-refractivity contribution in [3.05, 3.63) is 0 Å². The van der Waals surface area contributed by atoms with Gasteiger partial charge in [-0.05, 0) is 19.8 Å². The SMILES string of the molecule is CCCCCCCCC(COCC)OC(=O)O. The Kier molecular flexibility index (Phi) is 11.2. The lowest BCUT2D eigenvalue weighted by atomic mass is 10.1. The maximum Gasteiger partial charge on any atom is 0.506 e. The van der Waals surface area contributed by atoms with Crippen LogP contribution in [0.2, 0.25) is 0 Å². The highest BCUT2D eigenvalue weighted by atomic mass is 16.7. The van der Waals surface area contributed by atoms with Crippen LogP contribution in [0.25, 0.3) is 0 Å². The van der Waals surface area contributed by atoms with Crippen molar-refractivity contribution in [2.24, 2.45) is 0 Å². The Hall–Kier alpha value is -0.770. The van der Waals surface area contributed by atoms with E-state index in [2.05, 4.69) is 6.92 Å². The van der Waals surface area contributed by atoms with E-state index in [0.717, 1.165) is 19.3 Å². The van der Waals surface area contributed by atoms with Crippen molar-refractivity contribution >= 4 is 6.16 Å². The standard InChI is InChI=1S/C13H26O4/c1-3-5-6-7-8-9-10-12(11-16-4-2)17-13(14)15/h12H,3-11H2,1-2H3,(H,14,15). The molecule has 0 aromatic rings. The van der Waals surface area contributed by atoms with Gasteiger partial charge in [-0.1, -0.05) is 39.0 Å². The third kappa shape index (κ3) is 11.5. The van der Waals surface area contributed by atoms with Gasteiger partial charge in [0.15, 0.2) is 0 Å². The Morgan fingerprint density at radius 1 is 1.12 bits per heavy atom. The molecule has 102 valence electrons. The fraction of sp³-hybridized carbons (Fsp3) is 0.923. The lowest BCUT2D eigenvalue weighted by Gasteiger charge is -2.15. The second-order valence-corrected chi connectivity index (χ2v) is 4.22. The maximum absolute atomic E-state index is 10.5. The molecule has 4 nitrogen and oxygen atoms in total. The Bertz CT molecular complexity index is 182. The summed E-state index contributed by atoms with van der Waals surface area (Å²) in [5, 5.41) is 8.58. The normalized spacial score (nSPS) is 12.4. The van der Waals surface area contributed by atoms with E-state index in [1.165, 1.54) is 25.7 Å². The zero-order valence-corrected chi connectivity index (χ0v) is 11.1. The third-order valence-electron chi connectivity index (χ3n) is 2.66. The summed E-state index contributed by atoms with van der Waals surface area (Å²) in [7, 11) is 0. The van der Waals surface area contributed by atoms with Crippen LogP contribution in [0.5, 0.6) is 0 Å². The van der Waals surface area contributed by atoms with Crippen LogP contribution in [0.1, 0.15) is 58.8 Å². The molecule has 0 radical (unpaired) electrons. The lowest BCUT2D eigenvalue weighted by molar-refractivity contribution is -0.00315. The van der Waals surface area contributed by atoms with Gasteiger partial charge in [0.05, 0.1) is 6.61 Å². The molecule has 1 atom stereocenters. The van der Waals surface area contributed by atoms with Gasteiger partial charge < -0.3 is 14.6 Å². The number of unbranched alkanes of at least 4 members (excludes halogenated alkanes) is 5. The Morgan fingerprint density at radius 2 is 1.76 bits per heavy atom. The van der Waals surface area contributed by atoms with Crippen molar-refractivity contribution in [2.75, 3.05) is 13.2 Å². The molecule has 0 heterocycles.